The van der Waals surface area contributed by atoms with Crippen molar-refractivity contribution < 1.29 is 48.0 Å². The van der Waals surface area contributed by atoms with Crippen LogP contribution >= 0.6 is 0 Å². The third-order valence-electron chi connectivity index (χ3n) is 6.33. The Bertz CT molecular complexity index is 842. The minimum absolute atomic E-state index is 0.0937. The number of carbonyl (C=O) groups is 5. The van der Waals surface area contributed by atoms with Crippen molar-refractivity contribution in [3.05, 3.63) is 38.0 Å². The van der Waals surface area contributed by atoms with Gasteiger partial charge in [-0.25, -0.2) is 0 Å². The third kappa shape index (κ3) is 8.66. The molecular formula is C27H38O10. The summed E-state index contributed by atoms with van der Waals surface area (Å²) in [5.41, 5.74) is -0.714. The quantitative estimate of drug-likeness (QED) is 0.172. The molecule has 0 saturated heterocycles. The van der Waals surface area contributed by atoms with E-state index in [1.165, 1.54) is 18.2 Å². The van der Waals surface area contributed by atoms with Crippen LogP contribution < -0.4 is 0 Å². The molecule has 206 valence electrons. The highest BCUT2D eigenvalue weighted by atomic mass is 16.6. The van der Waals surface area contributed by atoms with Gasteiger partial charge in [-0.05, 0) is 26.7 Å². The van der Waals surface area contributed by atoms with E-state index in [1.807, 2.05) is 6.92 Å². The molecule has 0 spiro atoms. The van der Waals surface area contributed by atoms with Crippen LogP contribution in [0.5, 0.6) is 0 Å². The van der Waals surface area contributed by atoms with Crippen molar-refractivity contribution in [1.29, 1.82) is 0 Å². The van der Waals surface area contributed by atoms with Gasteiger partial charge in [-0.3, -0.25) is 24.0 Å². The molecule has 10 heteroatoms. The van der Waals surface area contributed by atoms with Gasteiger partial charge in [0.1, 0.15) is 32.2 Å². The van der Waals surface area contributed by atoms with Gasteiger partial charge < -0.3 is 24.1 Å². The second-order valence-corrected chi connectivity index (χ2v) is 9.35. The molecular weight excluding hydrogens is 484 g/mol. The van der Waals surface area contributed by atoms with Crippen molar-refractivity contribution in [1.82, 2.24) is 0 Å². The molecule has 1 N–H and O–H groups in total. The van der Waals surface area contributed by atoms with Gasteiger partial charge in [-0.15, -0.1) is 0 Å². The summed E-state index contributed by atoms with van der Waals surface area (Å²) in [5, 5.41) is 10.3. The molecule has 0 radical (unpaired) electrons. The molecule has 1 fully saturated rings. The van der Waals surface area contributed by atoms with E-state index in [0.717, 1.165) is 0 Å². The molecule has 3 unspecified atom stereocenters. The van der Waals surface area contributed by atoms with Crippen LogP contribution in [0, 0.1) is 29.1 Å². The van der Waals surface area contributed by atoms with E-state index < -0.39 is 64.9 Å². The minimum Gasteiger partial charge on any atom is -0.463 e. The first kappa shape index (κ1) is 31.8. The highest BCUT2D eigenvalue weighted by Gasteiger charge is 2.64. The van der Waals surface area contributed by atoms with E-state index >= 15 is 0 Å². The summed E-state index contributed by atoms with van der Waals surface area (Å²) in [6.07, 6.45) is 3.04. The summed E-state index contributed by atoms with van der Waals surface area (Å²) in [5.74, 6) is -8.71. The zero-order valence-corrected chi connectivity index (χ0v) is 21.8. The van der Waals surface area contributed by atoms with Crippen LogP contribution in [-0.4, -0.2) is 67.3 Å². The van der Waals surface area contributed by atoms with Gasteiger partial charge in [0.05, 0.1) is 29.3 Å². The number of Topliss-reactive ketones (excluding diaryl/α,β-unsaturated/α-hetero) is 1. The normalized spacial score (nSPS) is 21.4. The van der Waals surface area contributed by atoms with Crippen molar-refractivity contribution >= 4 is 29.7 Å². The fraction of sp³-hybridized carbons (Fsp3) is 0.593. The fourth-order valence-corrected chi connectivity index (χ4v) is 3.81. The molecule has 0 aliphatic heterocycles. The zero-order chi connectivity index (χ0) is 28.2. The second kappa shape index (κ2) is 15.1. The van der Waals surface area contributed by atoms with Crippen LogP contribution in [0.3, 0.4) is 0 Å². The molecule has 0 aromatic rings. The van der Waals surface area contributed by atoms with Gasteiger partial charge in [0.2, 0.25) is 0 Å². The minimum atomic E-state index is -1.30. The monoisotopic (exact) mass is 522 g/mol. The van der Waals surface area contributed by atoms with Crippen LogP contribution in [0.25, 0.3) is 0 Å². The van der Waals surface area contributed by atoms with Crippen molar-refractivity contribution in [3.63, 3.8) is 0 Å². The standard InChI is InChI=1S/C27H38O10/c1-7-13-34-23(30)20-19(18(29)12-11-17(28)16-37-26(33)27(5,6)10-4)21(24(31)35-14-8-2)22(20)25(32)36-15-9-3/h7-9,17,19-22,28H,1-3,10-16H2,4-6H3. The Morgan fingerprint density at radius 1 is 0.784 bits per heavy atom. The topological polar surface area (TPSA) is 142 Å². The summed E-state index contributed by atoms with van der Waals surface area (Å²) >= 11 is 0. The molecule has 0 aromatic heterocycles. The molecule has 10 nitrogen and oxygen atoms in total. The Balaban J connectivity index is 3.05. The third-order valence-corrected chi connectivity index (χ3v) is 6.33. The lowest BCUT2D eigenvalue weighted by Gasteiger charge is -2.46. The summed E-state index contributed by atoms with van der Waals surface area (Å²) < 4.78 is 20.4. The molecule has 37 heavy (non-hydrogen) atoms. The van der Waals surface area contributed by atoms with Crippen molar-refractivity contribution in [2.45, 2.75) is 46.1 Å². The molecule has 0 aromatic carbocycles. The number of hydrogen-bond acceptors (Lipinski definition) is 10. The lowest BCUT2D eigenvalue weighted by Crippen LogP contribution is -2.61. The Kier molecular flexibility index (Phi) is 13.0. The van der Waals surface area contributed by atoms with E-state index in [1.54, 1.807) is 13.8 Å². The van der Waals surface area contributed by atoms with E-state index in [-0.39, 0.29) is 39.3 Å². The zero-order valence-electron chi connectivity index (χ0n) is 21.8. The van der Waals surface area contributed by atoms with Crippen molar-refractivity contribution in [2.24, 2.45) is 29.1 Å². The average Bonchev–Trinajstić information content (AvgIpc) is 2.85. The SMILES string of the molecule is C=CCOC(=O)C1C(C(=O)CCC(O)COC(=O)C(C)(C)CC)C(C(=O)OCC=C)C1C(=O)OCC=C. The first-order valence-corrected chi connectivity index (χ1v) is 12.2. The van der Waals surface area contributed by atoms with Crippen LogP contribution in [0.2, 0.25) is 0 Å². The maximum atomic E-state index is 13.2. The lowest BCUT2D eigenvalue weighted by molar-refractivity contribution is -0.192. The highest BCUT2D eigenvalue weighted by molar-refractivity contribution is 5.99. The molecule has 1 rings (SSSR count). The van der Waals surface area contributed by atoms with Crippen LogP contribution in [-0.2, 0) is 42.9 Å². The summed E-state index contributed by atoms with van der Waals surface area (Å²) in [6, 6.07) is 0. The van der Waals surface area contributed by atoms with Gasteiger partial charge in [-0.1, -0.05) is 44.9 Å². The molecule has 1 saturated carbocycles. The van der Waals surface area contributed by atoms with Crippen molar-refractivity contribution in [3.8, 4) is 0 Å². The fourth-order valence-electron chi connectivity index (χ4n) is 3.81. The van der Waals surface area contributed by atoms with Crippen molar-refractivity contribution in [2.75, 3.05) is 26.4 Å². The van der Waals surface area contributed by atoms with Gasteiger partial charge >= 0.3 is 23.9 Å². The van der Waals surface area contributed by atoms with Gasteiger partial charge in [0.15, 0.2) is 0 Å². The summed E-state index contributed by atoms with van der Waals surface area (Å²) in [4.78, 5) is 63.6. The molecule has 0 heterocycles. The van der Waals surface area contributed by atoms with E-state index in [9.17, 15) is 29.1 Å². The highest BCUT2D eigenvalue weighted by Crippen LogP contribution is 2.49. The van der Waals surface area contributed by atoms with Crippen LogP contribution in [0.1, 0.15) is 40.0 Å². The number of hydrogen-bond donors (Lipinski definition) is 1. The molecule has 1 aliphatic rings. The molecule has 0 bridgehead atoms. The summed E-state index contributed by atoms with van der Waals surface area (Å²) in [7, 11) is 0. The largest absolute Gasteiger partial charge is 0.463 e. The number of ether oxygens (including phenoxy) is 4. The predicted octanol–water partition coefficient (Wildman–Crippen LogP) is 2.34. The maximum absolute atomic E-state index is 13.2. The Morgan fingerprint density at radius 3 is 1.57 bits per heavy atom. The number of esters is 4. The molecule has 3 atom stereocenters. The first-order chi connectivity index (χ1) is 17.5. The number of aliphatic hydroxyl groups excluding tert-OH is 1. The smallest absolute Gasteiger partial charge is 0.311 e. The number of carbonyl (C=O) groups excluding carboxylic acids is 5. The molecule has 0 amide bonds. The second-order valence-electron chi connectivity index (χ2n) is 9.35. The summed E-state index contributed by atoms with van der Waals surface area (Å²) in [6.45, 7) is 14.9. The van der Waals surface area contributed by atoms with Crippen LogP contribution in [0.4, 0.5) is 0 Å². The Hall–Kier alpha value is -3.27. The number of ketones is 1. The Labute approximate surface area is 217 Å². The number of aliphatic hydroxyl groups is 1. The van der Waals surface area contributed by atoms with E-state index in [2.05, 4.69) is 19.7 Å². The lowest BCUT2D eigenvalue weighted by atomic mass is 9.54. The van der Waals surface area contributed by atoms with Gasteiger partial charge in [-0.2, -0.15) is 0 Å². The van der Waals surface area contributed by atoms with Gasteiger partial charge in [0.25, 0.3) is 0 Å². The molecule has 1 aliphatic carbocycles. The maximum Gasteiger partial charge on any atom is 0.311 e. The van der Waals surface area contributed by atoms with Gasteiger partial charge in [0, 0.05) is 12.3 Å². The first-order valence-electron chi connectivity index (χ1n) is 12.2. The predicted molar refractivity (Wildman–Crippen MR) is 133 cm³/mol. The van der Waals surface area contributed by atoms with Crippen LogP contribution in [0.15, 0.2) is 38.0 Å². The Morgan fingerprint density at radius 2 is 1.19 bits per heavy atom. The average molecular weight is 523 g/mol. The number of rotatable bonds is 17. The van der Waals surface area contributed by atoms with E-state index in [4.69, 9.17) is 18.9 Å². The van der Waals surface area contributed by atoms with E-state index in [0.29, 0.717) is 6.42 Å².